The number of sulfonamides is 1. The average Bonchev–Trinajstić information content (AvgIpc) is 2.35. The third kappa shape index (κ3) is 5.00. The zero-order valence-corrected chi connectivity index (χ0v) is 12.0. The number of carbonyl (C=O) groups excluding carboxylic acids is 1. The molecule has 106 valence electrons. The number of nitrogens with one attached hydrogen (secondary N) is 1. The summed E-state index contributed by atoms with van der Waals surface area (Å²) in [7, 11) is -3.66. The number of amides is 1. The summed E-state index contributed by atoms with van der Waals surface area (Å²) < 4.78 is 22.2. The zero-order chi connectivity index (χ0) is 14.5. The van der Waals surface area contributed by atoms with Crippen LogP contribution < -0.4 is 10.5 Å². The van der Waals surface area contributed by atoms with E-state index in [-0.39, 0.29) is 16.7 Å². The van der Waals surface area contributed by atoms with Gasteiger partial charge in [-0.2, -0.15) is 0 Å². The molecule has 0 aromatic heterocycles. The van der Waals surface area contributed by atoms with Crippen molar-refractivity contribution < 1.29 is 13.2 Å². The molecule has 5 nitrogen and oxygen atoms in total. The summed E-state index contributed by atoms with van der Waals surface area (Å²) in [6, 6.07) is 6.16. The molecule has 0 aliphatic carbocycles. The van der Waals surface area contributed by atoms with Crippen LogP contribution in [0.15, 0.2) is 29.2 Å². The molecule has 1 aromatic carbocycles. The number of carbonyl (C=O) groups is 1. The Hall–Kier alpha value is -1.40. The van der Waals surface area contributed by atoms with Gasteiger partial charge in [-0.15, -0.1) is 0 Å². The number of nitrogens with two attached hydrogens (primary N) is 1. The van der Waals surface area contributed by atoms with E-state index in [1.165, 1.54) is 12.1 Å². The Morgan fingerprint density at radius 2 is 1.89 bits per heavy atom. The number of primary sulfonamides is 1. The number of benzene rings is 1. The van der Waals surface area contributed by atoms with Crippen LogP contribution in [0.1, 0.15) is 32.3 Å². The predicted octanol–water partition coefficient (Wildman–Crippen LogP) is 1.39. The van der Waals surface area contributed by atoms with Crippen molar-refractivity contribution in [2.24, 2.45) is 11.1 Å². The highest BCUT2D eigenvalue weighted by Crippen LogP contribution is 2.09. The van der Waals surface area contributed by atoms with Crippen molar-refractivity contribution in [2.45, 2.75) is 38.1 Å². The second-order valence-electron chi connectivity index (χ2n) is 4.60. The van der Waals surface area contributed by atoms with Crippen LogP contribution in [0, 0.1) is 5.92 Å². The summed E-state index contributed by atoms with van der Waals surface area (Å²) in [4.78, 5) is 11.8. The Morgan fingerprint density at radius 1 is 1.32 bits per heavy atom. The highest BCUT2D eigenvalue weighted by Gasteiger charge is 2.11. The molecule has 19 heavy (non-hydrogen) atoms. The van der Waals surface area contributed by atoms with Crippen LogP contribution in [0.3, 0.4) is 0 Å². The van der Waals surface area contributed by atoms with Gasteiger partial charge in [0.2, 0.25) is 15.9 Å². The monoisotopic (exact) mass is 284 g/mol. The highest BCUT2D eigenvalue weighted by molar-refractivity contribution is 7.89. The predicted molar refractivity (Wildman–Crippen MR) is 73.7 cm³/mol. The molecule has 0 saturated heterocycles. The molecule has 1 amide bonds. The summed E-state index contributed by atoms with van der Waals surface area (Å²) in [5.74, 6) is 0.00562. The van der Waals surface area contributed by atoms with Gasteiger partial charge in [-0.1, -0.05) is 32.4 Å². The molecule has 1 aromatic rings. The lowest BCUT2D eigenvalue weighted by Crippen LogP contribution is -2.28. The smallest absolute Gasteiger partial charge is 0.238 e. The van der Waals surface area contributed by atoms with E-state index < -0.39 is 10.0 Å². The first-order valence-corrected chi connectivity index (χ1v) is 7.78. The number of hydrogen-bond acceptors (Lipinski definition) is 3. The van der Waals surface area contributed by atoms with E-state index in [9.17, 15) is 13.2 Å². The molecule has 1 atom stereocenters. The van der Waals surface area contributed by atoms with Gasteiger partial charge in [0.05, 0.1) is 4.90 Å². The SMILES string of the molecule is CCCC(C)C(=O)NCc1ccc(S(N)(=O)=O)cc1. The lowest BCUT2D eigenvalue weighted by atomic mass is 10.1. The quantitative estimate of drug-likeness (QED) is 0.827. The van der Waals surface area contributed by atoms with E-state index in [1.807, 2.05) is 13.8 Å². The Bertz CT molecular complexity index is 523. The maximum absolute atomic E-state index is 11.7. The van der Waals surface area contributed by atoms with Crippen molar-refractivity contribution in [2.75, 3.05) is 0 Å². The molecule has 0 aliphatic rings. The van der Waals surface area contributed by atoms with Gasteiger partial charge in [0.15, 0.2) is 0 Å². The van der Waals surface area contributed by atoms with Crippen molar-refractivity contribution in [3.05, 3.63) is 29.8 Å². The Kier molecular flexibility index (Phi) is 5.50. The van der Waals surface area contributed by atoms with Gasteiger partial charge in [-0.05, 0) is 24.1 Å². The van der Waals surface area contributed by atoms with Crippen molar-refractivity contribution in [1.29, 1.82) is 0 Å². The third-order valence-corrected chi connectivity index (χ3v) is 3.82. The van der Waals surface area contributed by atoms with Crippen molar-refractivity contribution in [3.8, 4) is 0 Å². The van der Waals surface area contributed by atoms with Crippen molar-refractivity contribution in [3.63, 3.8) is 0 Å². The first kappa shape index (κ1) is 15.7. The van der Waals surface area contributed by atoms with Gasteiger partial charge >= 0.3 is 0 Å². The topological polar surface area (TPSA) is 89.3 Å². The van der Waals surface area contributed by atoms with Crippen LogP contribution in [0.5, 0.6) is 0 Å². The summed E-state index contributed by atoms with van der Waals surface area (Å²) in [6.07, 6.45) is 1.83. The molecule has 0 bridgehead atoms. The number of rotatable bonds is 6. The van der Waals surface area contributed by atoms with Gasteiger partial charge in [0.1, 0.15) is 0 Å². The van der Waals surface area contributed by atoms with Gasteiger partial charge in [0, 0.05) is 12.5 Å². The zero-order valence-electron chi connectivity index (χ0n) is 11.2. The molecule has 0 aliphatic heterocycles. The molecule has 3 N–H and O–H groups in total. The molecule has 6 heteroatoms. The first-order valence-electron chi connectivity index (χ1n) is 6.24. The molecule has 1 rings (SSSR count). The standard InChI is InChI=1S/C13H20N2O3S/c1-3-4-10(2)13(16)15-9-11-5-7-12(8-6-11)19(14,17)18/h5-8,10H,3-4,9H2,1-2H3,(H,15,16)(H2,14,17,18). The fourth-order valence-corrected chi connectivity index (χ4v) is 2.24. The molecule has 0 saturated carbocycles. The fraction of sp³-hybridized carbons (Fsp3) is 0.462. The first-order chi connectivity index (χ1) is 8.84. The van der Waals surface area contributed by atoms with Crippen LogP contribution >= 0.6 is 0 Å². The van der Waals surface area contributed by atoms with Crippen molar-refractivity contribution >= 4 is 15.9 Å². The number of hydrogen-bond donors (Lipinski definition) is 2. The Balaban J connectivity index is 2.58. The summed E-state index contributed by atoms with van der Waals surface area (Å²) in [5, 5.41) is 7.83. The van der Waals surface area contributed by atoms with E-state index in [2.05, 4.69) is 5.32 Å². The minimum absolute atomic E-state index is 0.00584. The average molecular weight is 284 g/mol. The van der Waals surface area contributed by atoms with E-state index in [4.69, 9.17) is 5.14 Å². The van der Waals surface area contributed by atoms with Crippen molar-refractivity contribution in [1.82, 2.24) is 5.32 Å². The third-order valence-electron chi connectivity index (χ3n) is 2.89. The highest BCUT2D eigenvalue weighted by atomic mass is 32.2. The molecule has 0 fully saturated rings. The molecule has 0 heterocycles. The van der Waals surface area contributed by atoms with Crippen LogP contribution in [0.4, 0.5) is 0 Å². The maximum atomic E-state index is 11.7. The minimum atomic E-state index is -3.66. The van der Waals surface area contributed by atoms with Crippen LogP contribution in [0.2, 0.25) is 0 Å². The molecule has 1 unspecified atom stereocenters. The van der Waals surface area contributed by atoms with E-state index in [0.29, 0.717) is 6.54 Å². The largest absolute Gasteiger partial charge is 0.352 e. The maximum Gasteiger partial charge on any atom is 0.238 e. The van der Waals surface area contributed by atoms with Gasteiger partial charge in [0.25, 0.3) is 0 Å². The molecule has 0 spiro atoms. The van der Waals surface area contributed by atoms with E-state index >= 15 is 0 Å². The normalized spacial score (nSPS) is 13.0. The second kappa shape index (κ2) is 6.68. The Morgan fingerprint density at radius 3 is 2.37 bits per heavy atom. The second-order valence-corrected chi connectivity index (χ2v) is 6.16. The lowest BCUT2D eigenvalue weighted by molar-refractivity contribution is -0.124. The fourth-order valence-electron chi connectivity index (χ4n) is 1.72. The van der Waals surface area contributed by atoms with Crippen LogP contribution in [-0.2, 0) is 21.4 Å². The lowest BCUT2D eigenvalue weighted by Gasteiger charge is -2.11. The van der Waals surface area contributed by atoms with Crippen LogP contribution in [0.25, 0.3) is 0 Å². The minimum Gasteiger partial charge on any atom is -0.352 e. The van der Waals surface area contributed by atoms with E-state index in [1.54, 1.807) is 12.1 Å². The molecule has 0 radical (unpaired) electrons. The van der Waals surface area contributed by atoms with Crippen LogP contribution in [-0.4, -0.2) is 14.3 Å². The molecular formula is C13H20N2O3S. The van der Waals surface area contributed by atoms with Gasteiger partial charge in [-0.3, -0.25) is 4.79 Å². The van der Waals surface area contributed by atoms with Gasteiger partial charge < -0.3 is 5.32 Å². The summed E-state index contributed by atoms with van der Waals surface area (Å²) >= 11 is 0. The molecular weight excluding hydrogens is 264 g/mol. The summed E-state index contributed by atoms with van der Waals surface area (Å²) in [5.41, 5.74) is 0.837. The van der Waals surface area contributed by atoms with E-state index in [0.717, 1.165) is 18.4 Å². The Labute approximate surface area is 114 Å². The summed E-state index contributed by atoms with van der Waals surface area (Å²) in [6.45, 7) is 4.32. The van der Waals surface area contributed by atoms with Gasteiger partial charge in [-0.25, -0.2) is 13.6 Å².